The molecule has 1 unspecified atom stereocenters. The standard InChI is InChI=1S/C11H9Cl2N3O2S/c12-5-3-6(13)9-10(16-19-15-9)8(5)14-7(11(17)18)4-1-2-4/h3-4,7,14H,1-2H2,(H,17,18). The van der Waals surface area contributed by atoms with E-state index in [9.17, 15) is 9.90 Å². The minimum Gasteiger partial charge on any atom is -0.480 e. The number of fused-ring (bicyclic) bond motifs is 1. The van der Waals surface area contributed by atoms with Crippen molar-refractivity contribution in [1.82, 2.24) is 0 Å². The lowest BCUT2D eigenvalue weighted by Crippen LogP contribution is -2.31. The van der Waals surface area contributed by atoms with Crippen LogP contribution in [0, 0.1) is 5.92 Å². The first-order chi connectivity index (χ1) is 9.08. The highest BCUT2D eigenvalue weighted by Crippen LogP contribution is 2.48. The molecule has 1 aliphatic heterocycles. The van der Waals surface area contributed by atoms with Gasteiger partial charge < -0.3 is 10.4 Å². The molecule has 0 spiro atoms. The second-order valence-corrected chi connectivity index (χ2v) is 5.82. The molecule has 5 nitrogen and oxygen atoms in total. The van der Waals surface area contributed by atoms with Gasteiger partial charge in [-0.2, -0.15) is 8.73 Å². The summed E-state index contributed by atoms with van der Waals surface area (Å²) in [6.07, 6.45) is 1.82. The van der Waals surface area contributed by atoms with E-state index in [1.807, 2.05) is 0 Å². The number of hydrogen-bond acceptors (Lipinski definition) is 4. The zero-order valence-corrected chi connectivity index (χ0v) is 11.9. The van der Waals surface area contributed by atoms with Gasteiger partial charge in [-0.05, 0) is 24.8 Å². The maximum atomic E-state index is 11.3. The number of carboxylic acids is 1. The molecule has 1 atom stereocenters. The average molecular weight is 318 g/mol. The van der Waals surface area contributed by atoms with Crippen LogP contribution >= 0.6 is 23.2 Å². The Morgan fingerprint density at radius 2 is 2.05 bits per heavy atom. The molecule has 19 heavy (non-hydrogen) atoms. The monoisotopic (exact) mass is 317 g/mol. The van der Waals surface area contributed by atoms with Crippen LogP contribution < -0.4 is 5.32 Å². The lowest BCUT2D eigenvalue weighted by atomic mass is 10.1. The molecule has 1 heterocycles. The summed E-state index contributed by atoms with van der Waals surface area (Å²) in [4.78, 5) is 11.3. The molecule has 100 valence electrons. The van der Waals surface area contributed by atoms with E-state index in [-0.39, 0.29) is 5.92 Å². The molecule has 1 fully saturated rings. The van der Waals surface area contributed by atoms with Crippen molar-refractivity contribution in [1.29, 1.82) is 0 Å². The molecule has 1 aromatic rings. The Balaban J connectivity index is 1.99. The minimum atomic E-state index is -0.884. The molecule has 0 aromatic heterocycles. The zero-order chi connectivity index (χ0) is 13.6. The van der Waals surface area contributed by atoms with Gasteiger partial charge in [0.05, 0.1) is 27.1 Å². The lowest BCUT2D eigenvalue weighted by molar-refractivity contribution is -0.138. The fourth-order valence-electron chi connectivity index (χ4n) is 1.98. The molecule has 0 amide bonds. The third-order valence-corrected chi connectivity index (χ3v) is 4.22. The summed E-state index contributed by atoms with van der Waals surface area (Å²) in [6.45, 7) is 0. The number of halogens is 2. The predicted molar refractivity (Wildman–Crippen MR) is 75.8 cm³/mol. The molecule has 1 saturated carbocycles. The number of benzene rings is 1. The Morgan fingerprint density at radius 1 is 1.37 bits per heavy atom. The lowest BCUT2D eigenvalue weighted by Gasteiger charge is -2.17. The van der Waals surface area contributed by atoms with Crippen molar-refractivity contribution in [3.05, 3.63) is 16.1 Å². The molecule has 8 heteroatoms. The normalized spacial score (nSPS) is 17.8. The number of nitrogens with one attached hydrogen (secondary N) is 1. The first-order valence-corrected chi connectivity index (χ1v) is 7.16. The van der Waals surface area contributed by atoms with Crippen LogP contribution in [0.15, 0.2) is 14.8 Å². The van der Waals surface area contributed by atoms with E-state index in [2.05, 4.69) is 14.0 Å². The third-order valence-electron chi connectivity index (χ3n) is 3.10. The second kappa shape index (κ2) is 4.77. The van der Waals surface area contributed by atoms with Crippen LogP contribution in [0.1, 0.15) is 12.8 Å². The summed E-state index contributed by atoms with van der Waals surface area (Å²) >= 11 is 13.2. The van der Waals surface area contributed by atoms with Crippen molar-refractivity contribution in [2.75, 3.05) is 5.32 Å². The number of hydrogen-bond donors (Lipinski definition) is 2. The number of carboxylic acid groups (broad SMARTS) is 1. The van der Waals surface area contributed by atoms with Crippen molar-refractivity contribution in [2.24, 2.45) is 14.6 Å². The molecular formula is C11H9Cl2N3O2S. The number of nitrogens with zero attached hydrogens (tertiary/aromatic N) is 2. The Labute approximate surface area is 122 Å². The Kier molecular flexibility index (Phi) is 3.24. The Bertz CT molecular complexity index is 639. The zero-order valence-electron chi connectivity index (χ0n) is 9.56. The number of rotatable bonds is 4. The van der Waals surface area contributed by atoms with E-state index < -0.39 is 12.0 Å². The summed E-state index contributed by atoms with van der Waals surface area (Å²) in [5.41, 5.74) is 1.56. The van der Waals surface area contributed by atoms with Gasteiger partial charge in [-0.15, -0.1) is 0 Å². The molecule has 3 rings (SSSR count). The molecule has 0 bridgehead atoms. The summed E-state index contributed by atoms with van der Waals surface area (Å²) in [6, 6.07) is 0.907. The van der Waals surface area contributed by atoms with Crippen LogP contribution in [0.5, 0.6) is 0 Å². The van der Waals surface area contributed by atoms with Crippen LogP contribution in [0.2, 0.25) is 10.0 Å². The summed E-state index contributed by atoms with van der Waals surface area (Å²) < 4.78 is 8.22. The van der Waals surface area contributed by atoms with Gasteiger partial charge in [-0.1, -0.05) is 23.2 Å². The second-order valence-electron chi connectivity index (χ2n) is 4.47. The number of carbonyl (C=O) groups is 1. The van der Waals surface area contributed by atoms with Crippen LogP contribution in [0.25, 0.3) is 0 Å². The molecule has 1 aliphatic carbocycles. The van der Waals surface area contributed by atoms with Crippen LogP contribution in [-0.2, 0) is 16.1 Å². The van der Waals surface area contributed by atoms with Gasteiger partial charge in [0, 0.05) is 0 Å². The van der Waals surface area contributed by atoms with Crippen molar-refractivity contribution in [2.45, 2.75) is 18.9 Å². The van der Waals surface area contributed by atoms with E-state index in [4.69, 9.17) is 23.2 Å². The molecule has 0 radical (unpaired) electrons. The largest absolute Gasteiger partial charge is 0.480 e. The highest BCUT2D eigenvalue weighted by atomic mass is 35.5. The fraction of sp³-hybridized carbons (Fsp3) is 0.364. The van der Waals surface area contributed by atoms with Gasteiger partial charge in [0.15, 0.2) is 0 Å². The first-order valence-electron chi connectivity index (χ1n) is 5.67. The molecule has 2 aliphatic rings. The SMILES string of the molecule is O=C(O)C(Nc1c(Cl)cc(Cl)c2c1N=S=N2)C1CC1. The van der Waals surface area contributed by atoms with E-state index in [1.165, 1.54) is 0 Å². The maximum Gasteiger partial charge on any atom is 0.326 e. The van der Waals surface area contributed by atoms with E-state index in [1.54, 1.807) is 6.07 Å². The van der Waals surface area contributed by atoms with Crippen molar-refractivity contribution < 1.29 is 9.90 Å². The van der Waals surface area contributed by atoms with Gasteiger partial charge >= 0.3 is 5.97 Å². The molecule has 2 N–H and O–H groups in total. The smallest absolute Gasteiger partial charge is 0.326 e. The Morgan fingerprint density at radius 3 is 2.68 bits per heavy atom. The van der Waals surface area contributed by atoms with Crippen LogP contribution in [-0.4, -0.2) is 17.1 Å². The average Bonchev–Trinajstić information content (AvgIpc) is 3.04. The van der Waals surface area contributed by atoms with Gasteiger partial charge in [0.1, 0.15) is 17.4 Å². The van der Waals surface area contributed by atoms with E-state index in [0.717, 1.165) is 24.2 Å². The van der Waals surface area contributed by atoms with Crippen molar-refractivity contribution in [3.8, 4) is 0 Å². The van der Waals surface area contributed by atoms with E-state index in [0.29, 0.717) is 27.1 Å². The van der Waals surface area contributed by atoms with Gasteiger partial charge in [0.25, 0.3) is 0 Å². The van der Waals surface area contributed by atoms with E-state index >= 15 is 0 Å². The minimum absolute atomic E-state index is 0.144. The maximum absolute atomic E-state index is 11.3. The molecule has 0 saturated heterocycles. The highest BCUT2D eigenvalue weighted by Gasteiger charge is 2.37. The quantitative estimate of drug-likeness (QED) is 0.895. The van der Waals surface area contributed by atoms with Gasteiger partial charge in [-0.25, -0.2) is 4.79 Å². The third kappa shape index (κ3) is 2.35. The summed E-state index contributed by atoms with van der Waals surface area (Å²) in [5, 5.41) is 13.0. The van der Waals surface area contributed by atoms with Gasteiger partial charge in [-0.3, -0.25) is 0 Å². The summed E-state index contributed by atoms with van der Waals surface area (Å²) in [5.74, 6) is -0.740. The first kappa shape index (κ1) is 12.9. The van der Waals surface area contributed by atoms with Crippen LogP contribution in [0.3, 0.4) is 0 Å². The summed E-state index contributed by atoms with van der Waals surface area (Å²) in [7, 11) is 0. The topological polar surface area (TPSA) is 74.0 Å². The van der Waals surface area contributed by atoms with Gasteiger partial charge in [0.2, 0.25) is 0 Å². The molecular weight excluding hydrogens is 309 g/mol. The number of aliphatic carboxylic acids is 1. The van der Waals surface area contributed by atoms with Crippen LogP contribution in [0.4, 0.5) is 17.1 Å². The number of anilines is 1. The highest BCUT2D eigenvalue weighted by molar-refractivity contribution is 7.58. The van der Waals surface area contributed by atoms with Crippen molar-refractivity contribution in [3.63, 3.8) is 0 Å². The molecule has 1 aromatic carbocycles. The van der Waals surface area contributed by atoms with Crippen molar-refractivity contribution >= 4 is 57.6 Å². The fourth-order valence-corrected chi connectivity index (χ4v) is 3.14. The predicted octanol–water partition coefficient (Wildman–Crippen LogP) is 3.99. The Hall–Kier alpha value is -1.11.